The molecule has 0 radical (unpaired) electrons. The number of amides is 1. The van der Waals surface area contributed by atoms with Crippen LogP contribution in [0, 0.1) is 0 Å². The molecule has 22 heavy (non-hydrogen) atoms. The van der Waals surface area contributed by atoms with Gasteiger partial charge in [0.1, 0.15) is 5.69 Å². The third-order valence-corrected chi connectivity index (χ3v) is 3.95. The lowest BCUT2D eigenvalue weighted by molar-refractivity contribution is 0.0948. The Morgan fingerprint density at radius 1 is 1.23 bits per heavy atom. The number of carbonyl (C=O) groups is 1. The molecular formula is C16H19N3O2S. The first-order valence-electron chi connectivity index (χ1n) is 7.25. The Morgan fingerprint density at radius 2 is 2.00 bits per heavy atom. The van der Waals surface area contributed by atoms with Gasteiger partial charge in [0.05, 0.1) is 0 Å². The molecule has 0 saturated carbocycles. The minimum absolute atomic E-state index is 0.182. The Hall–Kier alpha value is -2.08. The zero-order chi connectivity index (χ0) is 15.8. The highest BCUT2D eigenvalue weighted by Crippen LogP contribution is 2.15. The molecule has 2 aromatic rings. The van der Waals surface area contributed by atoms with Gasteiger partial charge < -0.3 is 5.32 Å². The predicted molar refractivity (Wildman–Crippen MR) is 88.3 cm³/mol. The van der Waals surface area contributed by atoms with Crippen molar-refractivity contribution in [1.29, 1.82) is 0 Å². The minimum atomic E-state index is -0.251. The standard InChI is InChI=1S/C16H19N3O2S/c1-2-11-19-15(20)9-8-14(18-19)16(21)17-10-12-22-13-6-4-3-5-7-13/h3-9H,2,10-12H2,1H3,(H,17,21). The van der Waals surface area contributed by atoms with Crippen LogP contribution in [-0.4, -0.2) is 28.0 Å². The summed E-state index contributed by atoms with van der Waals surface area (Å²) < 4.78 is 1.33. The summed E-state index contributed by atoms with van der Waals surface area (Å²) in [6.45, 7) is 3.03. The number of aryl methyl sites for hydroxylation is 1. The van der Waals surface area contributed by atoms with E-state index in [-0.39, 0.29) is 17.2 Å². The summed E-state index contributed by atoms with van der Waals surface area (Å²) in [5.74, 6) is 0.531. The van der Waals surface area contributed by atoms with E-state index in [1.54, 1.807) is 11.8 Å². The molecule has 1 heterocycles. The lowest BCUT2D eigenvalue weighted by Crippen LogP contribution is -2.30. The van der Waals surface area contributed by atoms with E-state index >= 15 is 0 Å². The Bertz CT molecular complexity index is 671. The molecule has 0 unspecified atom stereocenters. The van der Waals surface area contributed by atoms with Gasteiger partial charge >= 0.3 is 0 Å². The average Bonchev–Trinajstić information content (AvgIpc) is 2.54. The van der Waals surface area contributed by atoms with Crippen LogP contribution in [0.3, 0.4) is 0 Å². The van der Waals surface area contributed by atoms with Crippen molar-refractivity contribution in [2.45, 2.75) is 24.8 Å². The second-order valence-corrected chi connectivity index (χ2v) is 5.87. The topological polar surface area (TPSA) is 64.0 Å². The highest BCUT2D eigenvalue weighted by Gasteiger charge is 2.08. The normalized spacial score (nSPS) is 10.4. The molecule has 1 aromatic carbocycles. The molecule has 1 N–H and O–H groups in total. The molecule has 0 aliphatic rings. The van der Waals surface area contributed by atoms with E-state index in [1.165, 1.54) is 21.7 Å². The number of benzene rings is 1. The molecule has 0 spiro atoms. The molecule has 6 heteroatoms. The molecule has 0 saturated heterocycles. The van der Waals surface area contributed by atoms with Crippen LogP contribution in [0.1, 0.15) is 23.8 Å². The number of hydrogen-bond acceptors (Lipinski definition) is 4. The van der Waals surface area contributed by atoms with Gasteiger partial charge in [-0.2, -0.15) is 5.10 Å². The second kappa shape index (κ2) is 8.38. The quantitative estimate of drug-likeness (QED) is 0.628. The zero-order valence-corrected chi connectivity index (χ0v) is 13.3. The van der Waals surface area contributed by atoms with Crippen molar-refractivity contribution in [3.8, 4) is 0 Å². The summed E-state index contributed by atoms with van der Waals surface area (Å²) in [7, 11) is 0. The zero-order valence-electron chi connectivity index (χ0n) is 12.5. The molecule has 0 bridgehead atoms. The molecule has 0 aliphatic carbocycles. The minimum Gasteiger partial charge on any atom is -0.350 e. The van der Waals surface area contributed by atoms with E-state index in [9.17, 15) is 9.59 Å². The average molecular weight is 317 g/mol. The molecule has 1 aromatic heterocycles. The smallest absolute Gasteiger partial charge is 0.271 e. The molecule has 5 nitrogen and oxygen atoms in total. The van der Waals surface area contributed by atoms with Crippen molar-refractivity contribution in [2.24, 2.45) is 0 Å². The molecule has 0 atom stereocenters. The lowest BCUT2D eigenvalue weighted by Gasteiger charge is -2.07. The van der Waals surface area contributed by atoms with Crippen LogP contribution in [0.2, 0.25) is 0 Å². The fourth-order valence-electron chi connectivity index (χ4n) is 1.88. The van der Waals surface area contributed by atoms with Gasteiger partial charge in [-0.1, -0.05) is 25.1 Å². The molecule has 0 aliphatic heterocycles. The molecule has 2 rings (SSSR count). The van der Waals surface area contributed by atoms with E-state index in [1.807, 2.05) is 37.3 Å². The molecular weight excluding hydrogens is 298 g/mol. The number of thioether (sulfide) groups is 1. The van der Waals surface area contributed by atoms with Crippen LogP contribution < -0.4 is 10.9 Å². The monoisotopic (exact) mass is 317 g/mol. The number of rotatable bonds is 7. The molecule has 116 valence electrons. The van der Waals surface area contributed by atoms with Crippen molar-refractivity contribution in [3.05, 3.63) is 58.5 Å². The van der Waals surface area contributed by atoms with Gasteiger partial charge in [-0.15, -0.1) is 11.8 Å². The van der Waals surface area contributed by atoms with Crippen molar-refractivity contribution in [2.75, 3.05) is 12.3 Å². The summed E-state index contributed by atoms with van der Waals surface area (Å²) in [6, 6.07) is 12.9. The third kappa shape index (κ3) is 4.73. The Kier molecular flexibility index (Phi) is 6.21. The Labute approximate surface area is 133 Å². The first-order chi connectivity index (χ1) is 10.7. The van der Waals surface area contributed by atoms with Crippen LogP contribution in [0.5, 0.6) is 0 Å². The van der Waals surface area contributed by atoms with E-state index in [4.69, 9.17) is 0 Å². The predicted octanol–water partition coefficient (Wildman–Crippen LogP) is 2.18. The number of aromatic nitrogens is 2. The summed E-state index contributed by atoms with van der Waals surface area (Å²) in [6.07, 6.45) is 0.797. The molecule has 1 amide bonds. The Balaban J connectivity index is 1.84. The fraction of sp³-hybridized carbons (Fsp3) is 0.312. The van der Waals surface area contributed by atoms with E-state index in [0.717, 1.165) is 12.2 Å². The fourth-order valence-corrected chi connectivity index (χ4v) is 2.67. The Morgan fingerprint density at radius 3 is 2.73 bits per heavy atom. The number of nitrogens with one attached hydrogen (secondary N) is 1. The summed E-state index contributed by atoms with van der Waals surface area (Å²) in [5, 5.41) is 6.90. The number of hydrogen-bond donors (Lipinski definition) is 1. The van der Waals surface area contributed by atoms with Gasteiger partial charge in [-0.05, 0) is 24.6 Å². The van der Waals surface area contributed by atoms with Gasteiger partial charge in [0.2, 0.25) is 0 Å². The highest BCUT2D eigenvalue weighted by molar-refractivity contribution is 7.99. The van der Waals surface area contributed by atoms with Gasteiger partial charge in [-0.25, -0.2) is 4.68 Å². The van der Waals surface area contributed by atoms with Crippen molar-refractivity contribution in [1.82, 2.24) is 15.1 Å². The van der Waals surface area contributed by atoms with Crippen LogP contribution in [-0.2, 0) is 6.54 Å². The first-order valence-corrected chi connectivity index (χ1v) is 8.23. The van der Waals surface area contributed by atoms with E-state index < -0.39 is 0 Å². The summed E-state index contributed by atoms with van der Waals surface area (Å²) in [5.41, 5.74) is 0.0933. The van der Waals surface area contributed by atoms with E-state index in [2.05, 4.69) is 10.4 Å². The maximum Gasteiger partial charge on any atom is 0.271 e. The van der Waals surface area contributed by atoms with Crippen molar-refractivity contribution >= 4 is 17.7 Å². The van der Waals surface area contributed by atoms with Crippen molar-refractivity contribution in [3.63, 3.8) is 0 Å². The van der Waals surface area contributed by atoms with Gasteiger partial charge in [0.15, 0.2) is 0 Å². The maximum atomic E-state index is 12.0. The molecule has 0 fully saturated rings. The highest BCUT2D eigenvalue weighted by atomic mass is 32.2. The first kappa shape index (κ1) is 16.3. The second-order valence-electron chi connectivity index (χ2n) is 4.70. The summed E-state index contributed by atoms with van der Waals surface area (Å²) >= 11 is 1.68. The third-order valence-electron chi connectivity index (χ3n) is 2.93. The van der Waals surface area contributed by atoms with Crippen LogP contribution in [0.4, 0.5) is 0 Å². The van der Waals surface area contributed by atoms with Gasteiger partial charge in [-0.3, -0.25) is 9.59 Å². The SMILES string of the molecule is CCCn1nc(C(=O)NCCSc2ccccc2)ccc1=O. The van der Waals surface area contributed by atoms with Crippen LogP contribution >= 0.6 is 11.8 Å². The van der Waals surface area contributed by atoms with E-state index in [0.29, 0.717) is 13.1 Å². The largest absolute Gasteiger partial charge is 0.350 e. The number of nitrogens with zero attached hydrogens (tertiary/aromatic N) is 2. The number of carbonyl (C=O) groups excluding carboxylic acids is 1. The van der Waals surface area contributed by atoms with Gasteiger partial charge in [0, 0.05) is 29.8 Å². The van der Waals surface area contributed by atoms with Gasteiger partial charge in [0.25, 0.3) is 11.5 Å². The van der Waals surface area contributed by atoms with Crippen LogP contribution in [0.15, 0.2) is 52.2 Å². The van der Waals surface area contributed by atoms with Crippen molar-refractivity contribution < 1.29 is 4.79 Å². The summed E-state index contributed by atoms with van der Waals surface area (Å²) in [4.78, 5) is 24.8. The lowest BCUT2D eigenvalue weighted by atomic mass is 10.3. The maximum absolute atomic E-state index is 12.0. The van der Waals surface area contributed by atoms with Crippen LogP contribution in [0.25, 0.3) is 0 Å².